The summed E-state index contributed by atoms with van der Waals surface area (Å²) >= 11 is 5.85. The van der Waals surface area contributed by atoms with Crippen LogP contribution in [0.25, 0.3) is 17.2 Å². The van der Waals surface area contributed by atoms with Crippen LogP contribution < -0.4 is 0 Å². The normalized spacial score (nSPS) is 11.0. The predicted molar refractivity (Wildman–Crippen MR) is 51.3 cm³/mol. The third-order valence-corrected chi connectivity index (χ3v) is 2.22. The van der Waals surface area contributed by atoms with Gasteiger partial charge >= 0.3 is 0 Å². The summed E-state index contributed by atoms with van der Waals surface area (Å²) in [4.78, 5) is 3.90. The Labute approximate surface area is 88.5 Å². The van der Waals surface area contributed by atoms with Crippen molar-refractivity contribution in [3.8, 4) is 11.5 Å². The van der Waals surface area contributed by atoms with E-state index in [0.29, 0.717) is 22.3 Å². The van der Waals surface area contributed by atoms with Gasteiger partial charge in [0.05, 0.1) is 0 Å². The van der Waals surface area contributed by atoms with E-state index < -0.39 is 0 Å². The van der Waals surface area contributed by atoms with Gasteiger partial charge in [-0.15, -0.1) is 10.2 Å². The molecule has 3 heterocycles. The van der Waals surface area contributed by atoms with Gasteiger partial charge in [0, 0.05) is 18.5 Å². The van der Waals surface area contributed by atoms with Gasteiger partial charge in [-0.3, -0.25) is 4.40 Å². The zero-order valence-electron chi connectivity index (χ0n) is 7.33. The molecule has 0 saturated heterocycles. The van der Waals surface area contributed by atoms with Crippen molar-refractivity contribution >= 4 is 17.2 Å². The first-order valence-corrected chi connectivity index (χ1v) is 4.50. The van der Waals surface area contributed by atoms with Crippen molar-refractivity contribution < 1.29 is 4.52 Å². The molecule has 0 aliphatic carbocycles. The summed E-state index contributed by atoms with van der Waals surface area (Å²) in [5, 5.41) is 12.0. The van der Waals surface area contributed by atoms with Crippen LogP contribution in [0.3, 0.4) is 0 Å². The molecule has 0 bridgehead atoms. The fourth-order valence-corrected chi connectivity index (χ4v) is 1.48. The smallest absolute Gasteiger partial charge is 0.198 e. The van der Waals surface area contributed by atoms with Gasteiger partial charge in [-0.25, -0.2) is 4.98 Å². The number of nitrogens with zero attached hydrogens (tertiary/aromatic N) is 5. The number of halogens is 1. The summed E-state index contributed by atoms with van der Waals surface area (Å²) in [6, 6.07) is 1.70. The van der Waals surface area contributed by atoms with Gasteiger partial charge in [0.25, 0.3) is 0 Å². The number of hydrogen-bond acceptors (Lipinski definition) is 5. The van der Waals surface area contributed by atoms with Crippen molar-refractivity contribution in [2.75, 3.05) is 0 Å². The van der Waals surface area contributed by atoms with Gasteiger partial charge in [0.1, 0.15) is 6.26 Å². The third kappa shape index (κ3) is 1.18. The van der Waals surface area contributed by atoms with Crippen LogP contribution in [-0.4, -0.2) is 24.7 Å². The number of aromatic nitrogens is 5. The monoisotopic (exact) mass is 221 g/mol. The van der Waals surface area contributed by atoms with Crippen molar-refractivity contribution in [3.05, 3.63) is 29.9 Å². The molecule has 0 fully saturated rings. The van der Waals surface area contributed by atoms with Crippen molar-refractivity contribution in [1.82, 2.24) is 24.7 Å². The van der Waals surface area contributed by atoms with Crippen LogP contribution >= 0.6 is 11.6 Å². The van der Waals surface area contributed by atoms with Gasteiger partial charge < -0.3 is 4.52 Å². The second kappa shape index (κ2) is 3.03. The van der Waals surface area contributed by atoms with Gasteiger partial charge in [-0.05, 0) is 0 Å². The van der Waals surface area contributed by atoms with Crippen LogP contribution in [0.1, 0.15) is 0 Å². The Morgan fingerprint density at radius 2 is 2.27 bits per heavy atom. The maximum absolute atomic E-state index is 5.85. The molecule has 0 amide bonds. The maximum Gasteiger partial charge on any atom is 0.198 e. The van der Waals surface area contributed by atoms with E-state index in [1.165, 1.54) is 6.26 Å². The fraction of sp³-hybridized carbons (Fsp3) is 0. The summed E-state index contributed by atoms with van der Waals surface area (Å²) in [6.45, 7) is 0. The standard InChI is InChI=1S/C8H4ClN5O/c9-6-8-12-11-7(5-1-4-15-13-5)14(8)3-2-10-6/h1-4H. The van der Waals surface area contributed by atoms with Crippen LogP contribution in [-0.2, 0) is 0 Å². The lowest BCUT2D eigenvalue weighted by Crippen LogP contribution is -1.90. The second-order valence-corrected chi connectivity index (χ2v) is 3.18. The maximum atomic E-state index is 5.85. The minimum absolute atomic E-state index is 0.305. The molecular formula is C8H4ClN5O. The van der Waals surface area contributed by atoms with Gasteiger partial charge in [0.15, 0.2) is 22.3 Å². The SMILES string of the molecule is Clc1nccn2c(-c3ccon3)nnc12. The molecule has 15 heavy (non-hydrogen) atoms. The molecule has 0 N–H and O–H groups in total. The molecule has 3 aromatic heterocycles. The molecule has 0 unspecified atom stereocenters. The molecule has 0 aromatic carbocycles. The highest BCUT2D eigenvalue weighted by molar-refractivity contribution is 6.32. The number of rotatable bonds is 1. The minimum atomic E-state index is 0.305. The molecule has 0 radical (unpaired) electrons. The van der Waals surface area contributed by atoms with E-state index in [-0.39, 0.29) is 0 Å². The Balaban J connectivity index is 2.34. The van der Waals surface area contributed by atoms with Crippen LogP contribution in [0.5, 0.6) is 0 Å². The molecule has 0 aliphatic heterocycles. The Bertz CT molecular complexity index is 603. The van der Waals surface area contributed by atoms with E-state index in [1.807, 2.05) is 0 Å². The molecular weight excluding hydrogens is 218 g/mol. The molecule has 74 valence electrons. The lowest BCUT2D eigenvalue weighted by molar-refractivity contribution is 0.421. The van der Waals surface area contributed by atoms with Crippen molar-refractivity contribution in [1.29, 1.82) is 0 Å². The Morgan fingerprint density at radius 3 is 3.07 bits per heavy atom. The summed E-state index contributed by atoms with van der Waals surface area (Å²) < 4.78 is 6.44. The zero-order chi connectivity index (χ0) is 10.3. The van der Waals surface area contributed by atoms with Crippen molar-refractivity contribution in [2.24, 2.45) is 0 Å². The lowest BCUT2D eigenvalue weighted by atomic mass is 10.4. The number of fused-ring (bicyclic) bond motifs is 1. The van der Waals surface area contributed by atoms with E-state index in [9.17, 15) is 0 Å². The highest BCUT2D eigenvalue weighted by Gasteiger charge is 2.12. The first-order chi connectivity index (χ1) is 7.36. The fourth-order valence-electron chi connectivity index (χ4n) is 1.30. The molecule has 0 spiro atoms. The molecule has 3 aromatic rings. The zero-order valence-corrected chi connectivity index (χ0v) is 8.09. The third-order valence-electron chi connectivity index (χ3n) is 1.95. The average molecular weight is 222 g/mol. The van der Waals surface area contributed by atoms with E-state index in [2.05, 4.69) is 20.3 Å². The minimum Gasteiger partial charge on any atom is -0.364 e. The second-order valence-electron chi connectivity index (χ2n) is 2.82. The molecule has 6 nitrogen and oxygen atoms in total. The molecule has 0 saturated carbocycles. The average Bonchev–Trinajstić information content (AvgIpc) is 2.85. The van der Waals surface area contributed by atoms with Crippen molar-refractivity contribution in [3.63, 3.8) is 0 Å². The van der Waals surface area contributed by atoms with E-state index in [0.717, 1.165) is 0 Å². The lowest BCUT2D eigenvalue weighted by Gasteiger charge is -1.94. The summed E-state index contributed by atoms with van der Waals surface area (Å²) in [5.74, 6) is 0.572. The molecule has 0 atom stereocenters. The molecule has 7 heteroatoms. The highest BCUT2D eigenvalue weighted by atomic mass is 35.5. The van der Waals surface area contributed by atoms with Crippen LogP contribution in [0, 0.1) is 0 Å². The largest absolute Gasteiger partial charge is 0.364 e. The topological polar surface area (TPSA) is 69.1 Å². The van der Waals surface area contributed by atoms with Crippen LogP contribution in [0.4, 0.5) is 0 Å². The summed E-state index contributed by atoms with van der Waals surface area (Å²) in [6.07, 6.45) is 4.76. The quantitative estimate of drug-likeness (QED) is 0.622. The van der Waals surface area contributed by atoms with E-state index in [4.69, 9.17) is 16.1 Å². The van der Waals surface area contributed by atoms with Gasteiger partial charge in [-0.1, -0.05) is 16.8 Å². The van der Waals surface area contributed by atoms with E-state index in [1.54, 1.807) is 22.9 Å². The number of hydrogen-bond donors (Lipinski definition) is 0. The first-order valence-electron chi connectivity index (χ1n) is 4.12. The first kappa shape index (κ1) is 8.37. The Kier molecular flexibility index (Phi) is 1.69. The van der Waals surface area contributed by atoms with Crippen LogP contribution in [0.15, 0.2) is 29.2 Å². The van der Waals surface area contributed by atoms with Gasteiger partial charge in [0.2, 0.25) is 0 Å². The van der Waals surface area contributed by atoms with Gasteiger partial charge in [-0.2, -0.15) is 0 Å². The molecule has 0 aliphatic rings. The summed E-state index contributed by atoms with van der Waals surface area (Å²) in [5.41, 5.74) is 1.10. The van der Waals surface area contributed by atoms with Crippen molar-refractivity contribution in [2.45, 2.75) is 0 Å². The van der Waals surface area contributed by atoms with E-state index >= 15 is 0 Å². The molecule has 3 rings (SSSR count). The highest BCUT2D eigenvalue weighted by Crippen LogP contribution is 2.18. The summed E-state index contributed by atoms with van der Waals surface area (Å²) in [7, 11) is 0. The Morgan fingerprint density at radius 1 is 1.33 bits per heavy atom. The van der Waals surface area contributed by atoms with Crippen LogP contribution in [0.2, 0.25) is 5.15 Å². The Hall–Kier alpha value is -1.95. The predicted octanol–water partition coefficient (Wildman–Crippen LogP) is 1.43.